The number of nitrogens with zero attached hydrogens (tertiary/aromatic N) is 1. The third kappa shape index (κ3) is 4.23. The Morgan fingerprint density at radius 3 is 2.43 bits per heavy atom. The normalized spacial score (nSPS) is 9.64. The fraction of sp³-hybridized carbons (Fsp3) is 0.778. The van der Waals surface area contributed by atoms with Crippen molar-refractivity contribution >= 4 is 11.9 Å². The Morgan fingerprint density at radius 2 is 2.00 bits per heavy atom. The zero-order chi connectivity index (χ0) is 11.0. The minimum absolute atomic E-state index is 0.00655. The van der Waals surface area contributed by atoms with Gasteiger partial charge >= 0.3 is 11.9 Å². The maximum absolute atomic E-state index is 11.3. The number of hydrogen-bond donors (Lipinski definition) is 1. The Hall–Kier alpha value is -1.10. The minimum Gasteiger partial charge on any atom is -0.459 e. The smallest absolute Gasteiger partial charge is 0.397 e. The summed E-state index contributed by atoms with van der Waals surface area (Å²) in [6, 6.07) is 0. The predicted molar refractivity (Wildman–Crippen MR) is 50.6 cm³/mol. The summed E-state index contributed by atoms with van der Waals surface area (Å²) in [6.07, 6.45) is 0.471. The number of likely N-dealkylation sites (N-methyl/N-ethyl adjacent to an activating group) is 1. The van der Waals surface area contributed by atoms with Gasteiger partial charge in [-0.15, -0.1) is 0 Å². The zero-order valence-electron chi connectivity index (χ0n) is 8.65. The molecule has 82 valence electrons. The molecule has 0 aliphatic rings. The molecule has 5 nitrogen and oxygen atoms in total. The second-order valence-corrected chi connectivity index (χ2v) is 2.68. The molecule has 0 unspecified atom stereocenters. The van der Waals surface area contributed by atoms with Crippen molar-refractivity contribution < 1.29 is 19.4 Å². The van der Waals surface area contributed by atoms with Crippen molar-refractivity contribution in [3.63, 3.8) is 0 Å². The summed E-state index contributed by atoms with van der Waals surface area (Å²) in [4.78, 5) is 23.7. The van der Waals surface area contributed by atoms with E-state index in [0.717, 1.165) is 0 Å². The van der Waals surface area contributed by atoms with Crippen LogP contribution in [0.25, 0.3) is 0 Å². The van der Waals surface area contributed by atoms with Gasteiger partial charge in [-0.1, -0.05) is 0 Å². The monoisotopic (exact) mass is 203 g/mol. The lowest BCUT2D eigenvalue weighted by molar-refractivity contribution is -0.159. The molecule has 5 heteroatoms. The molecule has 0 spiro atoms. The maximum atomic E-state index is 11.3. The van der Waals surface area contributed by atoms with Gasteiger partial charge in [-0.05, 0) is 20.3 Å². The zero-order valence-corrected chi connectivity index (χ0v) is 8.65. The van der Waals surface area contributed by atoms with Crippen LogP contribution in [-0.2, 0) is 14.3 Å². The minimum atomic E-state index is -0.827. The van der Waals surface area contributed by atoms with Crippen molar-refractivity contribution in [1.82, 2.24) is 4.90 Å². The highest BCUT2D eigenvalue weighted by atomic mass is 16.5. The van der Waals surface area contributed by atoms with E-state index >= 15 is 0 Å². The first-order chi connectivity index (χ1) is 6.67. The number of aliphatic hydroxyl groups excluding tert-OH is 1. The highest BCUT2D eigenvalue weighted by molar-refractivity contribution is 6.32. The van der Waals surface area contributed by atoms with Crippen LogP contribution in [0.15, 0.2) is 0 Å². The van der Waals surface area contributed by atoms with Crippen molar-refractivity contribution in [1.29, 1.82) is 0 Å². The van der Waals surface area contributed by atoms with E-state index in [1.807, 2.05) is 0 Å². The Kier molecular flexibility index (Phi) is 6.74. The maximum Gasteiger partial charge on any atom is 0.397 e. The van der Waals surface area contributed by atoms with Gasteiger partial charge in [0.2, 0.25) is 0 Å². The molecular formula is C9H17NO4. The van der Waals surface area contributed by atoms with Crippen LogP contribution >= 0.6 is 0 Å². The molecule has 0 rings (SSSR count). The van der Waals surface area contributed by atoms with Gasteiger partial charge in [-0.25, -0.2) is 4.79 Å². The third-order valence-corrected chi connectivity index (χ3v) is 1.71. The number of hydrogen-bond acceptors (Lipinski definition) is 4. The molecule has 0 heterocycles. The molecule has 0 aromatic heterocycles. The summed E-state index contributed by atoms with van der Waals surface area (Å²) in [5.74, 6) is -1.46. The fourth-order valence-corrected chi connectivity index (χ4v) is 0.987. The molecule has 0 bridgehead atoms. The first-order valence-corrected chi connectivity index (χ1v) is 4.74. The second kappa shape index (κ2) is 7.32. The number of aliphatic hydroxyl groups is 1. The summed E-state index contributed by atoms with van der Waals surface area (Å²) in [7, 11) is 0. The van der Waals surface area contributed by atoms with Gasteiger partial charge in [-0.3, -0.25) is 4.79 Å². The van der Waals surface area contributed by atoms with Crippen molar-refractivity contribution in [3.05, 3.63) is 0 Å². The summed E-state index contributed by atoms with van der Waals surface area (Å²) < 4.78 is 4.57. The van der Waals surface area contributed by atoms with Gasteiger partial charge in [0.15, 0.2) is 0 Å². The Balaban J connectivity index is 4.09. The summed E-state index contributed by atoms with van der Waals surface area (Å²) in [5, 5.41) is 8.58. The van der Waals surface area contributed by atoms with E-state index in [9.17, 15) is 9.59 Å². The molecule has 0 fully saturated rings. The van der Waals surface area contributed by atoms with Crippen molar-refractivity contribution in [3.8, 4) is 0 Å². The quantitative estimate of drug-likeness (QED) is 0.495. The van der Waals surface area contributed by atoms with Gasteiger partial charge in [-0.2, -0.15) is 0 Å². The van der Waals surface area contributed by atoms with Crippen LogP contribution < -0.4 is 0 Å². The van der Waals surface area contributed by atoms with Crippen molar-refractivity contribution in [2.75, 3.05) is 26.3 Å². The van der Waals surface area contributed by atoms with E-state index in [4.69, 9.17) is 5.11 Å². The summed E-state index contributed by atoms with van der Waals surface area (Å²) in [5.41, 5.74) is 0. The molecule has 14 heavy (non-hydrogen) atoms. The van der Waals surface area contributed by atoms with E-state index in [-0.39, 0.29) is 13.2 Å². The number of rotatable bonds is 5. The molecule has 0 radical (unpaired) electrons. The number of carbonyl (C=O) groups is 2. The molecule has 0 saturated carbocycles. The van der Waals surface area contributed by atoms with Crippen LogP contribution in [0.1, 0.15) is 20.3 Å². The van der Waals surface area contributed by atoms with E-state index in [1.165, 1.54) is 4.90 Å². The number of amides is 1. The molecule has 0 aromatic carbocycles. The molecule has 0 aliphatic carbocycles. The van der Waals surface area contributed by atoms with Crippen LogP contribution in [0.4, 0.5) is 0 Å². The molecule has 0 aliphatic heterocycles. The average Bonchev–Trinajstić information content (AvgIpc) is 2.19. The highest BCUT2D eigenvalue weighted by Gasteiger charge is 2.20. The van der Waals surface area contributed by atoms with Crippen LogP contribution in [0.5, 0.6) is 0 Å². The van der Waals surface area contributed by atoms with E-state index in [2.05, 4.69) is 4.74 Å². The molecule has 0 atom stereocenters. The lowest BCUT2D eigenvalue weighted by atomic mass is 10.3. The summed E-state index contributed by atoms with van der Waals surface area (Å²) in [6.45, 7) is 4.45. The number of ether oxygens (including phenoxy) is 1. The molecular weight excluding hydrogens is 186 g/mol. The topological polar surface area (TPSA) is 66.8 Å². The van der Waals surface area contributed by atoms with Crippen molar-refractivity contribution in [2.24, 2.45) is 0 Å². The lowest BCUT2D eigenvalue weighted by Crippen LogP contribution is -2.38. The second-order valence-electron chi connectivity index (χ2n) is 2.68. The van der Waals surface area contributed by atoms with E-state index < -0.39 is 11.9 Å². The number of carbonyl (C=O) groups excluding carboxylic acids is 2. The molecule has 0 saturated heterocycles. The standard InChI is InChI=1S/C9H17NO4/c1-3-10(6-5-7-11)8(12)9(13)14-4-2/h11H,3-7H2,1-2H3. The van der Waals surface area contributed by atoms with Gasteiger partial charge in [0, 0.05) is 19.7 Å². The third-order valence-electron chi connectivity index (χ3n) is 1.71. The van der Waals surface area contributed by atoms with Crippen LogP contribution in [0.3, 0.4) is 0 Å². The predicted octanol–water partition coefficient (Wildman–Crippen LogP) is -0.220. The first-order valence-electron chi connectivity index (χ1n) is 4.74. The largest absolute Gasteiger partial charge is 0.459 e. The van der Waals surface area contributed by atoms with Crippen LogP contribution in [-0.4, -0.2) is 48.2 Å². The van der Waals surface area contributed by atoms with E-state index in [1.54, 1.807) is 13.8 Å². The molecule has 0 aromatic rings. The van der Waals surface area contributed by atoms with Gasteiger partial charge in [0.1, 0.15) is 0 Å². The van der Waals surface area contributed by atoms with Crippen LogP contribution in [0, 0.1) is 0 Å². The van der Waals surface area contributed by atoms with Gasteiger partial charge in [0.25, 0.3) is 0 Å². The highest BCUT2D eigenvalue weighted by Crippen LogP contribution is 1.94. The van der Waals surface area contributed by atoms with Gasteiger partial charge < -0.3 is 14.7 Å². The average molecular weight is 203 g/mol. The van der Waals surface area contributed by atoms with Gasteiger partial charge in [0.05, 0.1) is 6.61 Å². The number of esters is 1. The lowest BCUT2D eigenvalue weighted by Gasteiger charge is -2.18. The fourth-order valence-electron chi connectivity index (χ4n) is 0.987. The summed E-state index contributed by atoms with van der Waals surface area (Å²) >= 11 is 0. The molecule has 1 amide bonds. The molecule has 1 N–H and O–H groups in total. The SMILES string of the molecule is CCOC(=O)C(=O)N(CC)CCCO. The Labute approximate surface area is 83.6 Å². The Morgan fingerprint density at radius 1 is 1.36 bits per heavy atom. The van der Waals surface area contributed by atoms with E-state index in [0.29, 0.717) is 19.5 Å². The van der Waals surface area contributed by atoms with Crippen molar-refractivity contribution in [2.45, 2.75) is 20.3 Å². The first kappa shape index (κ1) is 12.9. The Bertz CT molecular complexity index is 193. The van der Waals surface area contributed by atoms with Crippen LogP contribution in [0.2, 0.25) is 0 Å².